The van der Waals surface area contributed by atoms with E-state index in [0.29, 0.717) is 32.7 Å². The highest BCUT2D eigenvalue weighted by Crippen LogP contribution is 2.16. The number of hydrogen-bond donors (Lipinski definition) is 0. The van der Waals surface area contributed by atoms with Crippen molar-refractivity contribution in [1.82, 2.24) is 9.80 Å². The molecule has 1 heterocycles. The van der Waals surface area contributed by atoms with E-state index in [9.17, 15) is 14.0 Å². The van der Waals surface area contributed by atoms with E-state index in [1.807, 2.05) is 17.5 Å². The maximum Gasteiger partial charge on any atom is 0.242 e. The Kier molecular flexibility index (Phi) is 9.57. The molecule has 1 aromatic carbocycles. The Labute approximate surface area is 180 Å². The lowest BCUT2D eigenvalue weighted by molar-refractivity contribution is -0.141. The standard InChI is InChI=1S/C21H26ClFN2O3S/c1-16(22)21(27)24(10-4-11-28-2)15-20(26)25(14-19-5-3-12-29-19)13-17-6-8-18(23)9-7-17/h3,5-9,12,16H,4,10-11,13-15H2,1-2H3. The molecule has 2 aromatic rings. The quantitative estimate of drug-likeness (QED) is 0.393. The molecular formula is C21H26ClFN2O3S. The predicted octanol–water partition coefficient (Wildman–Crippen LogP) is 3.91. The Hall–Kier alpha value is -1.96. The number of thiophene rings is 1. The number of methoxy groups -OCH3 is 1. The van der Waals surface area contributed by atoms with Crippen LogP contribution in [0.15, 0.2) is 41.8 Å². The number of halogens is 2. The minimum Gasteiger partial charge on any atom is -0.385 e. The normalized spacial score (nSPS) is 11.9. The highest BCUT2D eigenvalue weighted by Gasteiger charge is 2.24. The fourth-order valence-electron chi connectivity index (χ4n) is 2.81. The molecule has 158 valence electrons. The number of ether oxygens (including phenoxy) is 1. The molecule has 1 unspecified atom stereocenters. The number of rotatable bonds is 11. The Morgan fingerprint density at radius 2 is 1.90 bits per heavy atom. The number of carbonyl (C=O) groups is 2. The molecule has 0 spiro atoms. The summed E-state index contributed by atoms with van der Waals surface area (Å²) in [5, 5.41) is 1.24. The Bertz CT molecular complexity index is 769. The molecule has 29 heavy (non-hydrogen) atoms. The molecule has 0 aliphatic heterocycles. The third-order valence-corrected chi connectivity index (χ3v) is 5.37. The first kappa shape index (κ1) is 23.3. The topological polar surface area (TPSA) is 49.9 Å². The van der Waals surface area contributed by atoms with Gasteiger partial charge in [-0.25, -0.2) is 4.39 Å². The van der Waals surface area contributed by atoms with Crippen LogP contribution in [-0.4, -0.2) is 53.8 Å². The number of nitrogens with zero attached hydrogens (tertiary/aromatic N) is 2. The summed E-state index contributed by atoms with van der Waals surface area (Å²) in [7, 11) is 1.59. The SMILES string of the molecule is COCCCN(CC(=O)N(Cc1ccc(F)cc1)Cc1cccs1)C(=O)C(C)Cl. The number of benzene rings is 1. The molecular weight excluding hydrogens is 415 g/mol. The number of amides is 2. The Balaban J connectivity index is 2.14. The zero-order valence-electron chi connectivity index (χ0n) is 16.6. The lowest BCUT2D eigenvalue weighted by Gasteiger charge is -2.28. The average molecular weight is 441 g/mol. The predicted molar refractivity (Wildman–Crippen MR) is 113 cm³/mol. The van der Waals surface area contributed by atoms with E-state index >= 15 is 0 Å². The molecule has 1 atom stereocenters. The van der Waals surface area contributed by atoms with Crippen molar-refractivity contribution >= 4 is 34.8 Å². The van der Waals surface area contributed by atoms with E-state index in [0.717, 1.165) is 10.4 Å². The average Bonchev–Trinajstić information content (AvgIpc) is 3.21. The van der Waals surface area contributed by atoms with Gasteiger partial charge >= 0.3 is 0 Å². The van der Waals surface area contributed by atoms with E-state index in [-0.39, 0.29) is 24.2 Å². The van der Waals surface area contributed by atoms with Gasteiger partial charge in [0.2, 0.25) is 11.8 Å². The van der Waals surface area contributed by atoms with Crippen molar-refractivity contribution in [3.63, 3.8) is 0 Å². The molecule has 0 saturated heterocycles. The zero-order valence-corrected chi connectivity index (χ0v) is 18.2. The molecule has 0 bridgehead atoms. The van der Waals surface area contributed by atoms with Crippen LogP contribution in [-0.2, 0) is 27.4 Å². The lowest BCUT2D eigenvalue weighted by Crippen LogP contribution is -2.45. The van der Waals surface area contributed by atoms with Crippen LogP contribution >= 0.6 is 22.9 Å². The number of carbonyl (C=O) groups excluding carboxylic acids is 2. The minimum atomic E-state index is -0.715. The second-order valence-electron chi connectivity index (χ2n) is 6.68. The molecule has 2 amide bonds. The Morgan fingerprint density at radius 3 is 2.48 bits per heavy atom. The van der Waals surface area contributed by atoms with Gasteiger partial charge in [-0.2, -0.15) is 0 Å². The van der Waals surface area contributed by atoms with Crippen LogP contribution in [0.3, 0.4) is 0 Å². The molecule has 0 fully saturated rings. The maximum absolute atomic E-state index is 13.2. The molecule has 8 heteroatoms. The van der Waals surface area contributed by atoms with Crippen molar-refractivity contribution in [2.75, 3.05) is 26.8 Å². The fourth-order valence-corrected chi connectivity index (χ4v) is 3.67. The van der Waals surface area contributed by atoms with Crippen LogP contribution in [0.5, 0.6) is 0 Å². The molecule has 2 rings (SSSR count). The monoisotopic (exact) mass is 440 g/mol. The van der Waals surface area contributed by atoms with Gasteiger partial charge < -0.3 is 14.5 Å². The fraction of sp³-hybridized carbons (Fsp3) is 0.429. The van der Waals surface area contributed by atoms with Crippen LogP contribution in [0, 0.1) is 5.82 Å². The summed E-state index contributed by atoms with van der Waals surface area (Å²) < 4.78 is 18.3. The van der Waals surface area contributed by atoms with Crippen molar-refractivity contribution in [3.05, 3.63) is 58.0 Å². The highest BCUT2D eigenvalue weighted by molar-refractivity contribution is 7.09. The van der Waals surface area contributed by atoms with Crippen LogP contribution in [0.1, 0.15) is 23.8 Å². The van der Waals surface area contributed by atoms with Crippen molar-refractivity contribution in [2.45, 2.75) is 31.8 Å². The zero-order chi connectivity index (χ0) is 21.2. The molecule has 1 aromatic heterocycles. The van der Waals surface area contributed by atoms with Gasteiger partial charge in [0.05, 0.1) is 13.1 Å². The second-order valence-corrected chi connectivity index (χ2v) is 8.36. The first-order chi connectivity index (χ1) is 13.9. The van der Waals surface area contributed by atoms with E-state index < -0.39 is 5.38 Å². The summed E-state index contributed by atoms with van der Waals surface area (Å²) in [4.78, 5) is 29.7. The van der Waals surface area contributed by atoms with Gasteiger partial charge in [0.25, 0.3) is 0 Å². The number of hydrogen-bond acceptors (Lipinski definition) is 4. The van der Waals surface area contributed by atoms with Crippen molar-refractivity contribution in [2.24, 2.45) is 0 Å². The van der Waals surface area contributed by atoms with Gasteiger partial charge in [-0.1, -0.05) is 18.2 Å². The first-order valence-corrected chi connectivity index (χ1v) is 10.7. The van der Waals surface area contributed by atoms with E-state index in [2.05, 4.69) is 0 Å². The van der Waals surface area contributed by atoms with Gasteiger partial charge in [0.1, 0.15) is 11.2 Å². The summed E-state index contributed by atoms with van der Waals surface area (Å²) in [6, 6.07) is 9.95. The molecule has 5 nitrogen and oxygen atoms in total. The van der Waals surface area contributed by atoms with Crippen molar-refractivity contribution in [3.8, 4) is 0 Å². The van der Waals surface area contributed by atoms with Crippen LogP contribution in [0.2, 0.25) is 0 Å². The van der Waals surface area contributed by atoms with Crippen molar-refractivity contribution in [1.29, 1.82) is 0 Å². The van der Waals surface area contributed by atoms with Crippen molar-refractivity contribution < 1.29 is 18.7 Å². The minimum absolute atomic E-state index is 0.0633. The number of alkyl halides is 1. The van der Waals surface area contributed by atoms with Gasteiger partial charge in [0.15, 0.2) is 0 Å². The molecule has 0 aliphatic rings. The van der Waals surface area contributed by atoms with E-state index in [4.69, 9.17) is 16.3 Å². The smallest absolute Gasteiger partial charge is 0.242 e. The molecule has 0 N–H and O–H groups in total. The van der Waals surface area contributed by atoms with E-state index in [1.165, 1.54) is 17.0 Å². The van der Waals surface area contributed by atoms with Crippen LogP contribution in [0.25, 0.3) is 0 Å². The Morgan fingerprint density at radius 1 is 1.17 bits per heavy atom. The van der Waals surface area contributed by atoms with Gasteiger partial charge in [-0.3, -0.25) is 9.59 Å². The second kappa shape index (κ2) is 11.9. The maximum atomic E-state index is 13.2. The highest BCUT2D eigenvalue weighted by atomic mass is 35.5. The summed E-state index contributed by atoms with van der Waals surface area (Å²) in [5.41, 5.74) is 0.819. The van der Waals surface area contributed by atoms with E-state index in [1.54, 1.807) is 42.4 Å². The first-order valence-electron chi connectivity index (χ1n) is 9.37. The molecule has 0 radical (unpaired) electrons. The third-order valence-electron chi connectivity index (χ3n) is 4.32. The summed E-state index contributed by atoms with van der Waals surface area (Å²) in [5.74, 6) is -0.796. The van der Waals surface area contributed by atoms with Crippen LogP contribution < -0.4 is 0 Å². The molecule has 0 saturated carbocycles. The third kappa shape index (κ3) is 7.76. The van der Waals surface area contributed by atoms with Crippen LogP contribution in [0.4, 0.5) is 4.39 Å². The van der Waals surface area contributed by atoms with Gasteiger partial charge in [-0.15, -0.1) is 22.9 Å². The van der Waals surface area contributed by atoms with Gasteiger partial charge in [0, 0.05) is 31.7 Å². The summed E-state index contributed by atoms with van der Waals surface area (Å²) in [6.07, 6.45) is 0.613. The molecule has 0 aliphatic carbocycles. The largest absolute Gasteiger partial charge is 0.385 e. The summed E-state index contributed by atoms with van der Waals surface area (Å²) in [6.45, 7) is 3.16. The summed E-state index contributed by atoms with van der Waals surface area (Å²) >= 11 is 7.53. The lowest BCUT2D eigenvalue weighted by atomic mass is 10.2. The van der Waals surface area contributed by atoms with Gasteiger partial charge in [-0.05, 0) is 42.5 Å².